The van der Waals surface area contributed by atoms with Crippen LogP contribution in [-0.2, 0) is 9.53 Å². The molecule has 118 valence electrons. The molecule has 0 aliphatic carbocycles. The van der Waals surface area contributed by atoms with Crippen LogP contribution in [0.2, 0.25) is 0 Å². The summed E-state index contributed by atoms with van der Waals surface area (Å²) in [6.45, 7) is 9.73. The van der Waals surface area contributed by atoms with Gasteiger partial charge >= 0.3 is 5.97 Å². The van der Waals surface area contributed by atoms with E-state index in [0.29, 0.717) is 5.57 Å². The second-order valence-corrected chi connectivity index (χ2v) is 5.86. The van der Waals surface area contributed by atoms with E-state index in [-0.39, 0.29) is 12.1 Å². The van der Waals surface area contributed by atoms with Gasteiger partial charge in [-0.15, -0.1) is 0 Å². The van der Waals surface area contributed by atoms with Crippen molar-refractivity contribution >= 4 is 5.97 Å². The highest BCUT2D eigenvalue weighted by Gasteiger charge is 2.13. The number of rotatable bonds is 13. The Kier molecular flexibility index (Phi) is 12.7. The molecule has 0 heterocycles. The van der Waals surface area contributed by atoms with Gasteiger partial charge in [0.1, 0.15) is 6.10 Å². The summed E-state index contributed by atoms with van der Waals surface area (Å²) in [5.41, 5.74) is 0.502. The van der Waals surface area contributed by atoms with Gasteiger partial charge in [0, 0.05) is 5.57 Å². The first kappa shape index (κ1) is 19.2. The molecule has 0 N–H and O–H groups in total. The fourth-order valence-electron chi connectivity index (χ4n) is 2.34. The maximum absolute atomic E-state index is 11.5. The van der Waals surface area contributed by atoms with Crippen LogP contribution < -0.4 is 0 Å². The lowest BCUT2D eigenvalue weighted by Gasteiger charge is -2.17. The van der Waals surface area contributed by atoms with Crippen LogP contribution in [0.5, 0.6) is 0 Å². The Balaban J connectivity index is 3.65. The summed E-state index contributed by atoms with van der Waals surface area (Å²) in [7, 11) is 0. The third kappa shape index (κ3) is 11.1. The number of unbranched alkanes of at least 4 members (excludes halogenated alkanes) is 7. The normalized spacial score (nSPS) is 12.2. The van der Waals surface area contributed by atoms with E-state index >= 15 is 0 Å². The fourth-order valence-corrected chi connectivity index (χ4v) is 2.34. The van der Waals surface area contributed by atoms with Gasteiger partial charge in [-0.2, -0.15) is 0 Å². The van der Waals surface area contributed by atoms with Gasteiger partial charge < -0.3 is 4.74 Å². The van der Waals surface area contributed by atoms with E-state index in [0.717, 1.165) is 19.3 Å². The second-order valence-electron chi connectivity index (χ2n) is 5.86. The Morgan fingerprint density at radius 3 is 1.95 bits per heavy atom. The number of esters is 1. The van der Waals surface area contributed by atoms with Crippen LogP contribution in [0.15, 0.2) is 12.2 Å². The van der Waals surface area contributed by atoms with Crippen LogP contribution in [-0.4, -0.2) is 12.1 Å². The van der Waals surface area contributed by atoms with Gasteiger partial charge in [0.2, 0.25) is 0 Å². The first-order valence-corrected chi connectivity index (χ1v) is 8.48. The zero-order valence-electron chi connectivity index (χ0n) is 13.9. The number of hydrogen-bond donors (Lipinski definition) is 0. The molecule has 1 atom stereocenters. The van der Waals surface area contributed by atoms with Crippen molar-refractivity contribution in [1.82, 2.24) is 0 Å². The number of ether oxygens (including phenoxy) is 1. The molecule has 1 unspecified atom stereocenters. The fraction of sp³-hybridized carbons (Fsp3) is 0.833. The highest BCUT2D eigenvalue weighted by atomic mass is 16.5. The topological polar surface area (TPSA) is 26.3 Å². The van der Waals surface area contributed by atoms with Gasteiger partial charge in [-0.1, -0.05) is 71.8 Å². The van der Waals surface area contributed by atoms with Gasteiger partial charge in [-0.05, 0) is 26.2 Å². The Morgan fingerprint density at radius 2 is 1.45 bits per heavy atom. The first-order chi connectivity index (χ1) is 9.61. The number of carbonyl (C=O) groups excluding carboxylic acids is 1. The van der Waals surface area contributed by atoms with E-state index in [9.17, 15) is 4.79 Å². The molecule has 0 aromatic carbocycles. The summed E-state index contributed by atoms with van der Waals surface area (Å²) < 4.78 is 5.47. The predicted octanol–water partition coefficient (Wildman–Crippen LogP) is 5.81. The van der Waals surface area contributed by atoms with Crippen LogP contribution in [0.25, 0.3) is 0 Å². The third-order valence-corrected chi connectivity index (χ3v) is 3.61. The predicted molar refractivity (Wildman–Crippen MR) is 86.8 cm³/mol. The highest BCUT2D eigenvalue weighted by Crippen LogP contribution is 2.15. The molecule has 0 bridgehead atoms. The summed E-state index contributed by atoms with van der Waals surface area (Å²) in [6.07, 6.45) is 13.6. The summed E-state index contributed by atoms with van der Waals surface area (Å²) >= 11 is 0. The minimum Gasteiger partial charge on any atom is -0.459 e. The minimum atomic E-state index is -0.233. The van der Waals surface area contributed by atoms with Crippen molar-refractivity contribution in [3.8, 4) is 0 Å². The molecule has 0 saturated heterocycles. The molecule has 0 aromatic heterocycles. The minimum absolute atomic E-state index is 0.0873. The smallest absolute Gasteiger partial charge is 0.333 e. The lowest BCUT2D eigenvalue weighted by Crippen LogP contribution is -2.18. The summed E-state index contributed by atoms with van der Waals surface area (Å²) in [6, 6.07) is 0. The summed E-state index contributed by atoms with van der Waals surface area (Å²) in [5, 5.41) is 0. The molecule has 0 saturated carbocycles. The standard InChI is InChI=1S/C18H34O2/c1-5-7-8-9-10-11-12-13-15-17(14-6-2)20-18(19)16(3)4/h17H,3,5-15H2,1-2,4H3. The molecule has 20 heavy (non-hydrogen) atoms. The van der Waals surface area contributed by atoms with Crippen molar-refractivity contribution in [2.75, 3.05) is 0 Å². The van der Waals surface area contributed by atoms with Gasteiger partial charge in [-0.25, -0.2) is 4.79 Å². The molecule has 0 aliphatic heterocycles. The molecule has 0 radical (unpaired) electrons. The molecule has 0 aromatic rings. The Hall–Kier alpha value is -0.790. The number of carbonyl (C=O) groups is 1. The monoisotopic (exact) mass is 282 g/mol. The maximum atomic E-state index is 11.5. The lowest BCUT2D eigenvalue weighted by atomic mass is 10.0. The van der Waals surface area contributed by atoms with Gasteiger partial charge in [0.15, 0.2) is 0 Å². The zero-order chi connectivity index (χ0) is 15.2. The quantitative estimate of drug-likeness (QED) is 0.242. The Morgan fingerprint density at radius 1 is 0.900 bits per heavy atom. The molecule has 0 amide bonds. The van der Waals surface area contributed by atoms with Crippen LogP contribution in [0.1, 0.15) is 91.4 Å². The molecule has 0 spiro atoms. The molecular formula is C18H34O2. The Labute approximate surface area is 126 Å². The van der Waals surface area contributed by atoms with Crippen molar-refractivity contribution in [1.29, 1.82) is 0 Å². The van der Waals surface area contributed by atoms with Crippen LogP contribution >= 0.6 is 0 Å². The van der Waals surface area contributed by atoms with Crippen molar-refractivity contribution in [3.63, 3.8) is 0 Å². The summed E-state index contributed by atoms with van der Waals surface area (Å²) in [5.74, 6) is -0.233. The van der Waals surface area contributed by atoms with Crippen LogP contribution in [0.4, 0.5) is 0 Å². The van der Waals surface area contributed by atoms with Gasteiger partial charge in [0.05, 0.1) is 0 Å². The van der Waals surface area contributed by atoms with E-state index in [4.69, 9.17) is 4.74 Å². The highest BCUT2D eigenvalue weighted by molar-refractivity contribution is 5.87. The van der Waals surface area contributed by atoms with Crippen LogP contribution in [0, 0.1) is 0 Å². The molecule has 2 heteroatoms. The molecule has 2 nitrogen and oxygen atoms in total. The number of hydrogen-bond acceptors (Lipinski definition) is 2. The third-order valence-electron chi connectivity index (χ3n) is 3.61. The zero-order valence-corrected chi connectivity index (χ0v) is 13.9. The van der Waals surface area contributed by atoms with E-state index in [1.807, 2.05) is 0 Å². The van der Waals surface area contributed by atoms with E-state index in [2.05, 4.69) is 20.4 Å². The van der Waals surface area contributed by atoms with Crippen molar-refractivity contribution in [2.45, 2.75) is 97.5 Å². The maximum Gasteiger partial charge on any atom is 0.333 e. The second kappa shape index (κ2) is 13.2. The molecule has 0 aliphatic rings. The average Bonchev–Trinajstić information content (AvgIpc) is 2.41. The van der Waals surface area contributed by atoms with Gasteiger partial charge in [0.25, 0.3) is 0 Å². The van der Waals surface area contributed by atoms with Gasteiger partial charge in [-0.3, -0.25) is 0 Å². The van der Waals surface area contributed by atoms with Crippen molar-refractivity contribution in [2.24, 2.45) is 0 Å². The molecule has 0 fully saturated rings. The molecular weight excluding hydrogens is 248 g/mol. The molecule has 0 rings (SSSR count). The van der Waals surface area contributed by atoms with E-state index in [1.54, 1.807) is 6.92 Å². The van der Waals surface area contributed by atoms with Crippen LogP contribution in [0.3, 0.4) is 0 Å². The lowest BCUT2D eigenvalue weighted by molar-refractivity contribution is -0.144. The Bertz CT molecular complexity index is 258. The first-order valence-electron chi connectivity index (χ1n) is 8.48. The van der Waals surface area contributed by atoms with Crippen molar-refractivity contribution < 1.29 is 9.53 Å². The van der Waals surface area contributed by atoms with E-state index < -0.39 is 0 Å². The largest absolute Gasteiger partial charge is 0.459 e. The summed E-state index contributed by atoms with van der Waals surface area (Å²) in [4.78, 5) is 11.5. The average molecular weight is 282 g/mol. The van der Waals surface area contributed by atoms with Crippen molar-refractivity contribution in [3.05, 3.63) is 12.2 Å². The van der Waals surface area contributed by atoms with E-state index in [1.165, 1.54) is 51.4 Å². The SMILES string of the molecule is C=C(C)C(=O)OC(CCC)CCCCCCCCCC.